The maximum atomic E-state index is 8.50. The molecule has 2 aromatic heterocycles. The van der Waals surface area contributed by atoms with E-state index < -0.39 is 0 Å². The maximum Gasteiger partial charge on any atom is 0.107 e. The molecule has 0 N–H and O–H groups in total. The summed E-state index contributed by atoms with van der Waals surface area (Å²) in [5.41, 5.74) is 1.93. The zero-order valence-corrected chi connectivity index (χ0v) is 9.42. The fourth-order valence-electron chi connectivity index (χ4n) is 1.04. The van der Waals surface area contributed by atoms with Crippen LogP contribution in [0.4, 0.5) is 0 Å². The lowest BCUT2D eigenvalue weighted by molar-refractivity contribution is 1.19. The van der Waals surface area contributed by atoms with Crippen molar-refractivity contribution in [2.75, 3.05) is 0 Å². The summed E-state index contributed by atoms with van der Waals surface area (Å²) in [5.74, 6) is 0. The van der Waals surface area contributed by atoms with Crippen molar-refractivity contribution in [1.29, 1.82) is 5.26 Å². The van der Waals surface area contributed by atoms with E-state index in [-0.39, 0.29) is 0 Å². The predicted molar refractivity (Wildman–Crippen MR) is 59.8 cm³/mol. The largest absolute Gasteiger partial charge is 0.240 e. The first kappa shape index (κ1) is 9.66. The fraction of sp³-hybridized carbons (Fsp3) is 0.111. The molecule has 0 fully saturated rings. The number of hydrogen-bond acceptors (Lipinski definition) is 4. The Morgan fingerprint density at radius 1 is 1.43 bits per heavy atom. The maximum absolute atomic E-state index is 8.50. The van der Waals surface area contributed by atoms with E-state index in [1.807, 2.05) is 16.8 Å². The van der Waals surface area contributed by atoms with Gasteiger partial charge in [-0.1, -0.05) is 11.6 Å². The molecule has 2 heterocycles. The molecule has 0 unspecified atom stereocenters. The molecule has 2 aromatic rings. The topological polar surface area (TPSA) is 36.7 Å². The first-order valence-electron chi connectivity index (χ1n) is 3.85. The van der Waals surface area contributed by atoms with Crippen molar-refractivity contribution < 1.29 is 0 Å². The van der Waals surface area contributed by atoms with E-state index in [0.29, 0.717) is 6.42 Å². The van der Waals surface area contributed by atoms with Crippen LogP contribution in [0.5, 0.6) is 0 Å². The molecule has 5 heteroatoms. The van der Waals surface area contributed by atoms with Gasteiger partial charge in [0, 0.05) is 16.3 Å². The molecule has 0 atom stereocenters. The van der Waals surface area contributed by atoms with Crippen molar-refractivity contribution in [2.24, 2.45) is 0 Å². The van der Waals surface area contributed by atoms with E-state index >= 15 is 0 Å². The highest BCUT2D eigenvalue weighted by atomic mass is 35.5. The number of aromatic nitrogens is 1. The Kier molecular flexibility index (Phi) is 2.82. The van der Waals surface area contributed by atoms with E-state index in [9.17, 15) is 0 Å². The van der Waals surface area contributed by atoms with Crippen LogP contribution in [0, 0.1) is 11.3 Å². The monoisotopic (exact) mass is 240 g/mol. The van der Waals surface area contributed by atoms with Gasteiger partial charge in [0.15, 0.2) is 0 Å². The number of nitriles is 1. The quantitative estimate of drug-likeness (QED) is 0.804. The molecule has 2 nitrogen and oxygen atoms in total. The van der Waals surface area contributed by atoms with Gasteiger partial charge in [-0.3, -0.25) is 0 Å². The van der Waals surface area contributed by atoms with Gasteiger partial charge in [0.2, 0.25) is 0 Å². The Morgan fingerprint density at radius 2 is 2.29 bits per heavy atom. The lowest BCUT2D eigenvalue weighted by Gasteiger charge is -1.86. The number of thiophene rings is 1. The lowest BCUT2D eigenvalue weighted by Crippen LogP contribution is -1.79. The molecular formula is C9H5ClN2S2. The molecule has 2 rings (SSSR count). The summed E-state index contributed by atoms with van der Waals surface area (Å²) in [5, 5.41) is 13.3. The van der Waals surface area contributed by atoms with E-state index in [1.165, 1.54) is 22.7 Å². The average Bonchev–Trinajstić information content (AvgIpc) is 2.74. The molecule has 0 radical (unpaired) electrons. The molecule has 14 heavy (non-hydrogen) atoms. The minimum Gasteiger partial charge on any atom is -0.240 e. The first-order valence-corrected chi connectivity index (χ1v) is 5.99. The van der Waals surface area contributed by atoms with Gasteiger partial charge in [0.1, 0.15) is 5.01 Å². The van der Waals surface area contributed by atoms with Crippen molar-refractivity contribution in [3.05, 3.63) is 26.2 Å². The summed E-state index contributed by atoms with van der Waals surface area (Å²) >= 11 is 8.81. The third-order valence-electron chi connectivity index (χ3n) is 1.65. The molecule has 0 saturated heterocycles. The Labute approximate surface area is 94.4 Å². The van der Waals surface area contributed by atoms with Crippen LogP contribution in [0.15, 0.2) is 16.8 Å². The minimum atomic E-state index is 0.378. The van der Waals surface area contributed by atoms with E-state index in [1.54, 1.807) is 0 Å². The van der Waals surface area contributed by atoms with Gasteiger partial charge < -0.3 is 0 Å². The van der Waals surface area contributed by atoms with Crippen LogP contribution in [0.25, 0.3) is 11.3 Å². The van der Waals surface area contributed by atoms with Gasteiger partial charge in [0.25, 0.3) is 0 Å². The van der Waals surface area contributed by atoms with Gasteiger partial charge >= 0.3 is 0 Å². The SMILES string of the molecule is N#CCc1nc(-c2csc(Cl)c2)cs1. The summed E-state index contributed by atoms with van der Waals surface area (Å²) in [4.78, 5) is 4.33. The van der Waals surface area contributed by atoms with Crippen molar-refractivity contribution in [2.45, 2.75) is 6.42 Å². The van der Waals surface area contributed by atoms with Crippen LogP contribution in [-0.2, 0) is 6.42 Å². The van der Waals surface area contributed by atoms with E-state index in [2.05, 4.69) is 11.1 Å². The van der Waals surface area contributed by atoms with Crippen LogP contribution in [0.2, 0.25) is 4.34 Å². The van der Waals surface area contributed by atoms with Gasteiger partial charge in [-0.25, -0.2) is 4.98 Å². The third-order valence-corrected chi connectivity index (χ3v) is 3.59. The zero-order chi connectivity index (χ0) is 9.97. The van der Waals surface area contributed by atoms with E-state index in [0.717, 1.165) is 20.6 Å². The predicted octanol–water partition coefficient (Wildman–Crippen LogP) is 3.59. The summed E-state index contributed by atoms with van der Waals surface area (Å²) in [7, 11) is 0. The van der Waals surface area contributed by atoms with Crippen LogP contribution in [0.1, 0.15) is 5.01 Å². The second-order valence-corrected chi connectivity index (χ2v) is 5.09. The highest BCUT2D eigenvalue weighted by Gasteiger charge is 2.05. The van der Waals surface area contributed by atoms with Crippen LogP contribution in [-0.4, -0.2) is 4.98 Å². The fourth-order valence-corrected chi connectivity index (χ4v) is 2.65. The molecule has 0 aromatic carbocycles. The van der Waals surface area contributed by atoms with Crippen LogP contribution in [0.3, 0.4) is 0 Å². The summed E-state index contributed by atoms with van der Waals surface area (Å²) in [6.07, 6.45) is 0.378. The smallest absolute Gasteiger partial charge is 0.107 e. The zero-order valence-electron chi connectivity index (χ0n) is 7.03. The summed E-state index contributed by atoms with van der Waals surface area (Å²) in [6.45, 7) is 0. The minimum absolute atomic E-state index is 0.378. The Bertz CT molecular complexity index is 481. The molecule has 0 saturated carbocycles. The molecule has 0 amide bonds. The number of halogens is 1. The molecule has 0 bridgehead atoms. The molecule has 70 valence electrons. The molecule has 0 aliphatic rings. The van der Waals surface area contributed by atoms with Gasteiger partial charge in [-0.05, 0) is 6.07 Å². The number of thiazole rings is 1. The van der Waals surface area contributed by atoms with Gasteiger partial charge in [-0.15, -0.1) is 22.7 Å². The summed E-state index contributed by atoms with van der Waals surface area (Å²) in [6, 6.07) is 3.96. The highest BCUT2D eigenvalue weighted by Crippen LogP contribution is 2.29. The van der Waals surface area contributed by atoms with Crippen LogP contribution >= 0.6 is 34.3 Å². The second kappa shape index (κ2) is 4.09. The van der Waals surface area contributed by atoms with Crippen molar-refractivity contribution >= 4 is 34.3 Å². The number of nitrogens with zero attached hydrogens (tertiary/aromatic N) is 2. The Hall–Kier alpha value is -0.890. The lowest BCUT2D eigenvalue weighted by atomic mass is 10.3. The standard InChI is InChI=1S/C9H5ClN2S2/c10-8-3-6(4-13-8)7-5-14-9(12-7)1-2-11/h3-5H,1H2. The Balaban J connectivity index is 2.30. The normalized spacial score (nSPS) is 10.0. The Morgan fingerprint density at radius 3 is 2.93 bits per heavy atom. The van der Waals surface area contributed by atoms with E-state index in [4.69, 9.17) is 16.9 Å². The second-order valence-electron chi connectivity index (χ2n) is 2.60. The van der Waals surface area contributed by atoms with Crippen molar-refractivity contribution in [3.8, 4) is 17.3 Å². The van der Waals surface area contributed by atoms with Gasteiger partial charge in [-0.2, -0.15) is 5.26 Å². The highest BCUT2D eigenvalue weighted by molar-refractivity contribution is 7.14. The van der Waals surface area contributed by atoms with Crippen molar-refractivity contribution in [3.63, 3.8) is 0 Å². The third kappa shape index (κ3) is 1.95. The molecular weight excluding hydrogens is 236 g/mol. The molecule has 0 aliphatic heterocycles. The average molecular weight is 241 g/mol. The van der Waals surface area contributed by atoms with Crippen LogP contribution < -0.4 is 0 Å². The van der Waals surface area contributed by atoms with Crippen molar-refractivity contribution in [1.82, 2.24) is 4.98 Å². The summed E-state index contributed by atoms with van der Waals surface area (Å²) < 4.78 is 0.759. The van der Waals surface area contributed by atoms with Gasteiger partial charge in [0.05, 0.1) is 22.5 Å². The number of rotatable bonds is 2. The first-order chi connectivity index (χ1) is 6.79. The molecule has 0 aliphatic carbocycles. The number of hydrogen-bond donors (Lipinski definition) is 0. The molecule has 0 spiro atoms.